The number of carbonyl (C=O) groups excluding carboxylic acids is 1. The lowest BCUT2D eigenvalue weighted by Crippen LogP contribution is -2.44. The normalized spacial score (nSPS) is 17.6. The smallest absolute Gasteiger partial charge is 0.260 e. The van der Waals surface area contributed by atoms with Crippen molar-refractivity contribution in [2.75, 3.05) is 56.5 Å². The lowest BCUT2D eigenvalue weighted by molar-refractivity contribution is -0.132. The number of pyridine rings is 1. The van der Waals surface area contributed by atoms with Gasteiger partial charge < -0.3 is 20.0 Å². The van der Waals surface area contributed by atoms with Crippen LogP contribution in [0.25, 0.3) is 22.2 Å². The van der Waals surface area contributed by atoms with Gasteiger partial charge in [-0.1, -0.05) is 30.1 Å². The summed E-state index contributed by atoms with van der Waals surface area (Å²) >= 11 is 12.7. The Morgan fingerprint density at radius 3 is 2.44 bits per heavy atom. The van der Waals surface area contributed by atoms with E-state index in [0.29, 0.717) is 52.3 Å². The van der Waals surface area contributed by atoms with Crippen LogP contribution in [-0.2, 0) is 4.79 Å². The quantitative estimate of drug-likeness (QED) is 0.257. The largest absolute Gasteiger partial charge is 0.369 e. The number of likely N-dealkylation sites (tertiary alicyclic amines) is 1. The fourth-order valence-electron chi connectivity index (χ4n) is 6.65. The van der Waals surface area contributed by atoms with Crippen LogP contribution in [0.3, 0.4) is 0 Å². The van der Waals surface area contributed by atoms with Crippen molar-refractivity contribution < 1.29 is 4.79 Å². The lowest BCUT2D eigenvalue weighted by atomic mass is 9.98. The molecule has 45 heavy (non-hydrogen) atoms. The predicted octanol–water partition coefficient (Wildman–Crippen LogP) is 6.45. The van der Waals surface area contributed by atoms with Crippen molar-refractivity contribution >= 4 is 57.5 Å². The second kappa shape index (κ2) is 13.0. The molecule has 0 radical (unpaired) electrons. The van der Waals surface area contributed by atoms with Gasteiger partial charge in [0.05, 0.1) is 11.6 Å². The third kappa shape index (κ3) is 6.39. The number of nitrogens with one attached hydrogen (secondary N) is 1. The topological polar surface area (TPSA) is 86.6 Å². The Bertz CT molecular complexity index is 1800. The summed E-state index contributed by atoms with van der Waals surface area (Å²) in [6.45, 7) is 11.1. The zero-order valence-corrected chi connectivity index (χ0v) is 27.8. The Morgan fingerprint density at radius 2 is 1.76 bits per heavy atom. The van der Waals surface area contributed by atoms with Gasteiger partial charge in [-0.3, -0.25) is 14.2 Å². The zero-order valence-electron chi connectivity index (χ0n) is 26.2. The number of hydrogen-bond donors (Lipinski definition) is 1. The molecule has 2 aromatic heterocycles. The number of rotatable bonds is 6. The van der Waals surface area contributed by atoms with Crippen LogP contribution in [0.15, 0.2) is 47.4 Å². The van der Waals surface area contributed by atoms with Crippen molar-refractivity contribution in [3.8, 4) is 11.1 Å². The minimum atomic E-state index is -0.244. The third-order valence-electron chi connectivity index (χ3n) is 9.07. The van der Waals surface area contributed by atoms with Crippen molar-refractivity contribution in [2.45, 2.75) is 46.1 Å². The number of benzene rings is 2. The summed E-state index contributed by atoms with van der Waals surface area (Å²) in [6.07, 6.45) is 3.74. The number of fused-ring (bicyclic) bond motifs is 1. The molecule has 1 N–H and O–H groups in total. The summed E-state index contributed by atoms with van der Waals surface area (Å²) in [5.41, 5.74) is 5.52. The van der Waals surface area contributed by atoms with E-state index in [0.717, 1.165) is 55.7 Å². The van der Waals surface area contributed by atoms with Gasteiger partial charge in [-0.25, -0.2) is 4.98 Å². The molecule has 236 valence electrons. The van der Waals surface area contributed by atoms with E-state index in [4.69, 9.17) is 28.2 Å². The molecule has 2 fully saturated rings. The van der Waals surface area contributed by atoms with Crippen molar-refractivity contribution in [2.24, 2.45) is 0 Å². The highest BCUT2D eigenvalue weighted by Crippen LogP contribution is 2.33. The minimum absolute atomic E-state index is 0.0818. The molecule has 1 amide bonds. The van der Waals surface area contributed by atoms with E-state index in [1.807, 2.05) is 24.8 Å². The second-order valence-electron chi connectivity index (χ2n) is 12.2. The van der Waals surface area contributed by atoms with Gasteiger partial charge in [0.15, 0.2) is 0 Å². The molecule has 2 aliphatic rings. The molecule has 9 nitrogen and oxygen atoms in total. The monoisotopic (exact) mass is 647 g/mol. The average Bonchev–Trinajstić information content (AvgIpc) is 3.01. The summed E-state index contributed by atoms with van der Waals surface area (Å²) in [5.74, 6) is 0.482. The van der Waals surface area contributed by atoms with Gasteiger partial charge in [-0.05, 0) is 86.8 Å². The number of carbonyl (C=O) groups is 1. The number of hydrogen-bond acceptors (Lipinski definition) is 7. The van der Waals surface area contributed by atoms with Gasteiger partial charge in [0.25, 0.3) is 5.56 Å². The number of piperidine rings is 1. The summed E-state index contributed by atoms with van der Waals surface area (Å²) < 4.78 is 1.76. The predicted molar refractivity (Wildman–Crippen MR) is 183 cm³/mol. The van der Waals surface area contributed by atoms with E-state index >= 15 is 0 Å². The van der Waals surface area contributed by atoms with E-state index in [1.165, 1.54) is 11.3 Å². The molecule has 1 atom stereocenters. The Morgan fingerprint density at radius 1 is 1.02 bits per heavy atom. The first-order valence-corrected chi connectivity index (χ1v) is 16.4. The molecule has 0 unspecified atom stereocenters. The highest BCUT2D eigenvalue weighted by Gasteiger charge is 2.29. The average molecular weight is 649 g/mol. The van der Waals surface area contributed by atoms with Crippen LogP contribution in [-0.4, -0.2) is 76.6 Å². The number of halogens is 2. The van der Waals surface area contributed by atoms with Crippen LogP contribution in [0, 0.1) is 13.8 Å². The van der Waals surface area contributed by atoms with Gasteiger partial charge in [0.1, 0.15) is 5.65 Å². The van der Waals surface area contributed by atoms with Gasteiger partial charge in [-0.2, -0.15) is 4.98 Å². The van der Waals surface area contributed by atoms with E-state index in [2.05, 4.69) is 46.2 Å². The molecule has 2 aliphatic heterocycles. The highest BCUT2D eigenvalue weighted by molar-refractivity contribution is 6.35. The van der Waals surface area contributed by atoms with E-state index in [-0.39, 0.29) is 17.5 Å². The molecule has 0 spiro atoms. The van der Waals surface area contributed by atoms with Crippen LogP contribution in [0.1, 0.15) is 43.4 Å². The van der Waals surface area contributed by atoms with Crippen molar-refractivity contribution in [1.29, 1.82) is 0 Å². The van der Waals surface area contributed by atoms with Gasteiger partial charge >= 0.3 is 0 Å². The van der Waals surface area contributed by atoms with Gasteiger partial charge in [-0.15, -0.1) is 0 Å². The SMILES string of the molecule is CCC(=O)N1CCC[C@H](n2c(=O)c(-c3cc(Cl)cc(Cl)c3)c(C)c3cnc(Nc4ccc(N5CCN(C)CC5)c(C)c4)nc32)C1. The first-order valence-electron chi connectivity index (χ1n) is 15.6. The number of anilines is 3. The molecule has 11 heteroatoms. The Kier molecular flexibility index (Phi) is 9.04. The maximum absolute atomic E-state index is 14.5. The first-order chi connectivity index (χ1) is 21.6. The van der Waals surface area contributed by atoms with E-state index < -0.39 is 0 Å². The molecular weight excluding hydrogens is 609 g/mol. The molecule has 0 aliphatic carbocycles. The van der Waals surface area contributed by atoms with Crippen LogP contribution in [0.4, 0.5) is 17.3 Å². The molecule has 2 aromatic carbocycles. The van der Waals surface area contributed by atoms with Crippen LogP contribution in [0.2, 0.25) is 10.0 Å². The number of aryl methyl sites for hydroxylation is 2. The van der Waals surface area contributed by atoms with E-state index in [1.54, 1.807) is 29.0 Å². The van der Waals surface area contributed by atoms with Crippen LogP contribution in [0.5, 0.6) is 0 Å². The molecule has 2 saturated heterocycles. The second-order valence-corrected chi connectivity index (χ2v) is 13.0. The van der Waals surface area contributed by atoms with Crippen molar-refractivity contribution in [1.82, 2.24) is 24.3 Å². The Labute approximate surface area is 273 Å². The van der Waals surface area contributed by atoms with Crippen LogP contribution < -0.4 is 15.8 Å². The van der Waals surface area contributed by atoms with Gasteiger partial charge in [0, 0.05) is 78.7 Å². The number of piperazine rings is 1. The lowest BCUT2D eigenvalue weighted by Gasteiger charge is -2.35. The standard InChI is InChI=1S/C34H39Cl2N7O2/c1-5-30(44)42-10-6-7-27(20-42)43-32-28(22(3)31(33(43)45)23-16-24(35)18-25(36)17-23)19-37-34(39-32)38-26-8-9-29(21(2)15-26)41-13-11-40(4)12-14-41/h8-9,15-19,27H,5-7,10-14,20H2,1-4H3,(H,37,38,39)/t27-/m0/s1. The maximum Gasteiger partial charge on any atom is 0.260 e. The zero-order chi connectivity index (χ0) is 31.8. The minimum Gasteiger partial charge on any atom is -0.369 e. The number of likely N-dealkylation sites (N-methyl/N-ethyl adjacent to an activating group) is 1. The number of nitrogens with zero attached hydrogens (tertiary/aromatic N) is 6. The first kappa shape index (κ1) is 31.3. The number of aromatic nitrogens is 3. The fraction of sp³-hybridized carbons (Fsp3) is 0.412. The summed E-state index contributed by atoms with van der Waals surface area (Å²) in [4.78, 5) is 43.4. The molecule has 4 aromatic rings. The highest BCUT2D eigenvalue weighted by atomic mass is 35.5. The van der Waals surface area contributed by atoms with Crippen LogP contribution >= 0.6 is 23.2 Å². The summed E-state index contributed by atoms with van der Waals surface area (Å²) in [7, 11) is 2.16. The number of amides is 1. The fourth-order valence-corrected chi connectivity index (χ4v) is 7.18. The molecule has 4 heterocycles. The Balaban J connectivity index is 1.43. The Hall–Kier alpha value is -3.66. The molecular formula is C34H39Cl2N7O2. The molecule has 0 bridgehead atoms. The maximum atomic E-state index is 14.5. The summed E-state index contributed by atoms with van der Waals surface area (Å²) in [5, 5.41) is 5.03. The third-order valence-corrected chi connectivity index (χ3v) is 9.51. The van der Waals surface area contributed by atoms with Crippen molar-refractivity contribution in [3.63, 3.8) is 0 Å². The van der Waals surface area contributed by atoms with E-state index in [9.17, 15) is 9.59 Å². The molecule has 6 rings (SSSR count). The molecule has 0 saturated carbocycles. The summed E-state index contributed by atoms with van der Waals surface area (Å²) in [6, 6.07) is 11.2. The van der Waals surface area contributed by atoms with Gasteiger partial charge in [0.2, 0.25) is 11.9 Å². The van der Waals surface area contributed by atoms with Crippen molar-refractivity contribution in [3.05, 3.63) is 74.1 Å².